The highest BCUT2D eigenvalue weighted by Gasteiger charge is 2.11. The van der Waals surface area contributed by atoms with Crippen molar-refractivity contribution in [3.8, 4) is 5.75 Å². The van der Waals surface area contributed by atoms with E-state index in [4.69, 9.17) is 9.84 Å². The minimum Gasteiger partial charge on any atom is -0.486 e. The van der Waals surface area contributed by atoms with Crippen molar-refractivity contribution in [2.24, 2.45) is 7.05 Å². The summed E-state index contributed by atoms with van der Waals surface area (Å²) in [7, 11) is 1.74. The molecule has 5 heteroatoms. The summed E-state index contributed by atoms with van der Waals surface area (Å²) >= 11 is 0. The van der Waals surface area contributed by atoms with Crippen molar-refractivity contribution in [1.82, 2.24) is 9.55 Å². The first-order valence-corrected chi connectivity index (χ1v) is 5.51. The normalized spacial score (nSPS) is 10.3. The highest BCUT2D eigenvalue weighted by Crippen LogP contribution is 2.13. The van der Waals surface area contributed by atoms with Crippen LogP contribution in [0.25, 0.3) is 0 Å². The van der Waals surface area contributed by atoms with E-state index < -0.39 is 5.97 Å². The third kappa shape index (κ3) is 2.68. The maximum absolute atomic E-state index is 10.8. The molecular formula is C13H14N2O3. The van der Waals surface area contributed by atoms with Gasteiger partial charge in [0.15, 0.2) is 5.69 Å². The van der Waals surface area contributed by atoms with Gasteiger partial charge in [-0.15, -0.1) is 0 Å². The molecule has 0 saturated carbocycles. The van der Waals surface area contributed by atoms with Crippen LogP contribution in [0.4, 0.5) is 0 Å². The molecule has 0 amide bonds. The van der Waals surface area contributed by atoms with Gasteiger partial charge >= 0.3 is 5.97 Å². The van der Waals surface area contributed by atoms with Gasteiger partial charge in [-0.1, -0.05) is 17.7 Å². The number of aryl methyl sites for hydroxylation is 2. The van der Waals surface area contributed by atoms with Crippen molar-refractivity contribution in [1.29, 1.82) is 0 Å². The average Bonchev–Trinajstić information content (AvgIpc) is 2.70. The minimum absolute atomic E-state index is 0.0278. The van der Waals surface area contributed by atoms with Crippen LogP contribution >= 0.6 is 0 Å². The lowest BCUT2D eigenvalue weighted by atomic mass is 10.2. The average molecular weight is 246 g/mol. The molecule has 2 rings (SSSR count). The Hall–Kier alpha value is -2.30. The van der Waals surface area contributed by atoms with Crippen LogP contribution in [0.5, 0.6) is 5.75 Å². The summed E-state index contributed by atoms with van der Waals surface area (Å²) in [4.78, 5) is 14.7. The Kier molecular flexibility index (Phi) is 3.32. The molecule has 0 bridgehead atoms. The van der Waals surface area contributed by atoms with Gasteiger partial charge < -0.3 is 14.4 Å². The van der Waals surface area contributed by atoms with E-state index in [-0.39, 0.29) is 12.3 Å². The molecule has 1 aromatic carbocycles. The van der Waals surface area contributed by atoms with Crippen LogP contribution in [-0.4, -0.2) is 20.6 Å². The van der Waals surface area contributed by atoms with Crippen molar-refractivity contribution < 1.29 is 14.6 Å². The number of carboxylic acids is 1. The highest BCUT2D eigenvalue weighted by molar-refractivity contribution is 5.85. The summed E-state index contributed by atoms with van der Waals surface area (Å²) in [5.41, 5.74) is 1.19. The number of hydrogen-bond acceptors (Lipinski definition) is 3. The number of carboxylic acid groups (broad SMARTS) is 1. The largest absolute Gasteiger partial charge is 0.486 e. The molecule has 0 aliphatic carbocycles. The van der Waals surface area contributed by atoms with Gasteiger partial charge in [-0.05, 0) is 19.1 Å². The fourth-order valence-electron chi connectivity index (χ4n) is 1.52. The fourth-order valence-corrected chi connectivity index (χ4v) is 1.52. The summed E-state index contributed by atoms with van der Waals surface area (Å²) in [6, 6.07) is 7.65. The lowest BCUT2D eigenvalue weighted by Crippen LogP contribution is -2.03. The molecule has 0 aliphatic heterocycles. The Morgan fingerprint density at radius 3 is 2.61 bits per heavy atom. The number of ether oxygens (including phenoxy) is 1. The number of rotatable bonds is 4. The SMILES string of the molecule is Cc1ccc(OCc2nc(C(=O)O)cn2C)cc1. The monoisotopic (exact) mass is 246 g/mol. The van der Waals surface area contributed by atoms with Gasteiger partial charge in [0.1, 0.15) is 18.2 Å². The quantitative estimate of drug-likeness (QED) is 0.896. The number of nitrogens with zero attached hydrogens (tertiary/aromatic N) is 2. The third-order valence-electron chi connectivity index (χ3n) is 2.58. The molecule has 1 aromatic heterocycles. The van der Waals surface area contributed by atoms with Crippen LogP contribution in [-0.2, 0) is 13.7 Å². The first-order chi connectivity index (χ1) is 8.56. The maximum Gasteiger partial charge on any atom is 0.356 e. The number of carbonyl (C=O) groups is 1. The van der Waals surface area contributed by atoms with Gasteiger partial charge in [-0.25, -0.2) is 9.78 Å². The molecule has 0 aliphatic rings. The van der Waals surface area contributed by atoms with E-state index in [9.17, 15) is 4.79 Å². The Balaban J connectivity index is 2.06. The predicted octanol–water partition coefficient (Wildman–Crippen LogP) is 2.01. The van der Waals surface area contributed by atoms with Crippen LogP contribution in [0, 0.1) is 6.92 Å². The van der Waals surface area contributed by atoms with Crippen LogP contribution < -0.4 is 4.74 Å². The Labute approximate surface area is 105 Å². The van der Waals surface area contributed by atoms with Gasteiger partial charge in [0.25, 0.3) is 0 Å². The van der Waals surface area contributed by atoms with Crippen molar-refractivity contribution in [3.63, 3.8) is 0 Å². The van der Waals surface area contributed by atoms with E-state index in [1.165, 1.54) is 6.20 Å². The molecule has 18 heavy (non-hydrogen) atoms. The molecule has 0 atom stereocenters. The molecule has 5 nitrogen and oxygen atoms in total. The minimum atomic E-state index is -1.04. The molecule has 0 unspecified atom stereocenters. The molecule has 1 heterocycles. The van der Waals surface area contributed by atoms with Gasteiger partial charge in [0.05, 0.1) is 0 Å². The van der Waals surface area contributed by atoms with E-state index in [0.717, 1.165) is 11.3 Å². The van der Waals surface area contributed by atoms with E-state index in [0.29, 0.717) is 5.82 Å². The molecule has 2 aromatic rings. The summed E-state index contributed by atoms with van der Waals surface area (Å²) < 4.78 is 7.20. The van der Waals surface area contributed by atoms with Crippen molar-refractivity contribution in [2.75, 3.05) is 0 Å². The zero-order chi connectivity index (χ0) is 13.1. The zero-order valence-electron chi connectivity index (χ0n) is 10.3. The van der Waals surface area contributed by atoms with Gasteiger partial charge in [-0.3, -0.25) is 0 Å². The van der Waals surface area contributed by atoms with E-state index in [2.05, 4.69) is 4.98 Å². The van der Waals surface area contributed by atoms with E-state index >= 15 is 0 Å². The smallest absolute Gasteiger partial charge is 0.356 e. The standard InChI is InChI=1S/C13H14N2O3/c1-9-3-5-10(6-4-9)18-8-12-14-11(13(16)17)7-15(12)2/h3-7H,8H2,1-2H3,(H,16,17). The van der Waals surface area contributed by atoms with E-state index in [1.54, 1.807) is 11.6 Å². The predicted molar refractivity (Wildman–Crippen MR) is 65.7 cm³/mol. The lowest BCUT2D eigenvalue weighted by molar-refractivity contribution is 0.0690. The first kappa shape index (κ1) is 12.2. The second-order valence-corrected chi connectivity index (χ2v) is 4.06. The second kappa shape index (κ2) is 4.91. The highest BCUT2D eigenvalue weighted by atomic mass is 16.5. The molecule has 0 saturated heterocycles. The number of aromatic carboxylic acids is 1. The first-order valence-electron chi connectivity index (χ1n) is 5.51. The molecule has 0 fully saturated rings. The van der Waals surface area contributed by atoms with Gasteiger partial charge in [0.2, 0.25) is 0 Å². The van der Waals surface area contributed by atoms with E-state index in [1.807, 2.05) is 31.2 Å². The molecular weight excluding hydrogens is 232 g/mol. The molecule has 94 valence electrons. The van der Waals surface area contributed by atoms with Gasteiger partial charge in [-0.2, -0.15) is 0 Å². The van der Waals surface area contributed by atoms with Crippen LogP contribution in [0.1, 0.15) is 21.9 Å². The maximum atomic E-state index is 10.8. The Morgan fingerprint density at radius 1 is 1.39 bits per heavy atom. The van der Waals surface area contributed by atoms with Gasteiger partial charge in [0, 0.05) is 13.2 Å². The number of hydrogen-bond donors (Lipinski definition) is 1. The summed E-state index contributed by atoms with van der Waals surface area (Å²) in [6.45, 7) is 2.24. The Bertz CT molecular complexity index is 558. The second-order valence-electron chi connectivity index (χ2n) is 4.06. The fraction of sp³-hybridized carbons (Fsp3) is 0.231. The van der Waals surface area contributed by atoms with Crippen molar-refractivity contribution >= 4 is 5.97 Å². The number of benzene rings is 1. The zero-order valence-corrected chi connectivity index (χ0v) is 10.3. The topological polar surface area (TPSA) is 64.3 Å². The molecule has 1 N–H and O–H groups in total. The van der Waals surface area contributed by atoms with Crippen LogP contribution in [0.2, 0.25) is 0 Å². The Morgan fingerprint density at radius 2 is 2.06 bits per heavy atom. The van der Waals surface area contributed by atoms with Crippen LogP contribution in [0.15, 0.2) is 30.5 Å². The number of imidazole rings is 1. The molecule has 0 radical (unpaired) electrons. The summed E-state index contributed by atoms with van der Waals surface area (Å²) in [5, 5.41) is 8.82. The number of aromatic nitrogens is 2. The molecule has 0 spiro atoms. The summed E-state index contributed by atoms with van der Waals surface area (Å²) in [6.07, 6.45) is 1.47. The van der Waals surface area contributed by atoms with Crippen molar-refractivity contribution in [2.45, 2.75) is 13.5 Å². The van der Waals surface area contributed by atoms with Crippen LogP contribution in [0.3, 0.4) is 0 Å². The lowest BCUT2D eigenvalue weighted by Gasteiger charge is -2.06. The van der Waals surface area contributed by atoms with Crippen molar-refractivity contribution in [3.05, 3.63) is 47.5 Å². The third-order valence-corrected chi connectivity index (χ3v) is 2.58. The summed E-state index contributed by atoms with van der Waals surface area (Å²) in [5.74, 6) is 0.278.